The summed E-state index contributed by atoms with van der Waals surface area (Å²) in [7, 11) is 1.97. The number of likely N-dealkylation sites (N-methyl/N-ethyl adjacent to an activating group) is 1. The molecular weight excluding hydrogens is 653 g/mol. The number of nitrogens with zero attached hydrogens (tertiary/aromatic N) is 1. The van der Waals surface area contributed by atoms with E-state index in [1.54, 1.807) is 30.1 Å². The van der Waals surface area contributed by atoms with Gasteiger partial charge in [0.15, 0.2) is 5.82 Å². The van der Waals surface area contributed by atoms with Crippen LogP contribution in [0, 0.1) is 43.5 Å². The summed E-state index contributed by atoms with van der Waals surface area (Å²) in [6.45, 7) is 6.11. The van der Waals surface area contributed by atoms with E-state index in [0.29, 0.717) is 23.8 Å². The number of anilines is 2. The van der Waals surface area contributed by atoms with Gasteiger partial charge in [-0.1, -0.05) is 38.2 Å². The molecule has 1 unspecified atom stereocenters. The first-order chi connectivity index (χ1) is 15.2. The van der Waals surface area contributed by atoms with Crippen LogP contribution in [-0.2, 0) is 16.2 Å². The molecule has 2 aromatic rings. The molecule has 9 heteroatoms. The third-order valence-electron chi connectivity index (χ3n) is 5.20. The summed E-state index contributed by atoms with van der Waals surface area (Å²) in [5.74, 6) is 2.23. The summed E-state index contributed by atoms with van der Waals surface area (Å²) in [6.07, 6.45) is 10.8. The Bertz CT molecular complexity index is 747. The maximum atomic E-state index is 14.1. The van der Waals surface area contributed by atoms with E-state index in [9.17, 15) is 4.39 Å². The summed E-state index contributed by atoms with van der Waals surface area (Å²) < 4.78 is 19.1. The Morgan fingerprint density at radius 1 is 1.22 bits per heavy atom. The van der Waals surface area contributed by atoms with Crippen LogP contribution in [0.5, 0.6) is 0 Å². The maximum absolute atomic E-state index is 14.1. The van der Waals surface area contributed by atoms with Gasteiger partial charge in [0.2, 0.25) is 0 Å². The van der Waals surface area contributed by atoms with Gasteiger partial charge in [0, 0.05) is 66.9 Å². The number of benzene rings is 1. The van der Waals surface area contributed by atoms with Crippen LogP contribution in [0.2, 0.25) is 0 Å². The predicted octanol–water partition coefficient (Wildman–Crippen LogP) is 5.48. The van der Waals surface area contributed by atoms with Gasteiger partial charge in [0.1, 0.15) is 5.82 Å². The van der Waals surface area contributed by atoms with Crippen molar-refractivity contribution in [2.75, 3.05) is 25.6 Å². The van der Waals surface area contributed by atoms with E-state index in [0.717, 1.165) is 35.8 Å². The molecule has 2 aliphatic heterocycles. The quantitative estimate of drug-likeness (QED) is 0.253. The summed E-state index contributed by atoms with van der Waals surface area (Å²) in [5, 5.41) is 19.9. The molecule has 3 heterocycles. The molecule has 3 aliphatic rings. The van der Waals surface area contributed by atoms with Crippen molar-refractivity contribution >= 4 is 23.3 Å². The van der Waals surface area contributed by atoms with E-state index in [1.807, 2.05) is 13.1 Å². The van der Waals surface area contributed by atoms with Crippen LogP contribution in [0.25, 0.3) is 0 Å². The normalized spacial score (nSPS) is 17.9. The first-order valence-electron chi connectivity index (χ1n) is 10.8. The molecule has 2 fully saturated rings. The topological polar surface area (TPSA) is 82.2 Å². The largest absolute Gasteiger partial charge is 0.553 e. The van der Waals surface area contributed by atoms with Crippen molar-refractivity contribution < 1.29 is 45.3 Å². The number of H-pyrrole nitrogens is 1. The number of rotatable bonds is 3. The Balaban J connectivity index is 0.000000265. The molecule has 4 N–H and O–H groups in total. The van der Waals surface area contributed by atoms with Crippen molar-refractivity contribution in [3.05, 3.63) is 54.2 Å². The van der Waals surface area contributed by atoms with Crippen molar-refractivity contribution in [1.29, 1.82) is 0 Å². The average molecular weight is 688 g/mol. The molecule has 0 spiro atoms. The number of hydrogen-bond donors (Lipinski definition) is 4. The number of ether oxygens (including phenoxy) is 1. The van der Waals surface area contributed by atoms with Crippen LogP contribution in [0.3, 0.4) is 0 Å². The predicted molar refractivity (Wildman–Crippen MR) is 126 cm³/mol. The second-order valence-electron chi connectivity index (χ2n) is 7.42. The molecule has 1 aliphatic carbocycles. The third kappa shape index (κ3) is 10.3. The monoisotopic (exact) mass is 687 g/mol. The van der Waals surface area contributed by atoms with E-state index in [-0.39, 0.29) is 36.9 Å². The third-order valence-corrected chi connectivity index (χ3v) is 6.21. The SMILES string of the molecule is C1CCCC1.CNC1CCOC1.Fc1c(Nc2ccn[nH]2)ccc2c1CSC2.[CH-]=CO.[U]. The van der Waals surface area contributed by atoms with Crippen molar-refractivity contribution in [3.63, 3.8) is 0 Å². The van der Waals surface area contributed by atoms with Crippen molar-refractivity contribution in [3.8, 4) is 0 Å². The molecule has 1 aromatic carbocycles. The van der Waals surface area contributed by atoms with Gasteiger partial charge in [-0.3, -0.25) is 5.10 Å². The molecular formula is C23H34FN4O2SU-. The molecule has 0 bridgehead atoms. The van der Waals surface area contributed by atoms with Gasteiger partial charge in [-0.15, -0.1) is 6.26 Å². The smallest absolute Gasteiger partial charge is 0.151 e. The molecule has 0 radical (unpaired) electrons. The molecule has 1 saturated heterocycles. The molecule has 0 amide bonds. The van der Waals surface area contributed by atoms with Gasteiger partial charge in [-0.05, 0) is 25.1 Å². The molecule has 1 aromatic heterocycles. The Morgan fingerprint density at radius 2 is 1.91 bits per heavy atom. The minimum atomic E-state index is -0.142. The van der Waals surface area contributed by atoms with Gasteiger partial charge in [0.25, 0.3) is 0 Å². The Kier molecular flexibility index (Phi) is 15.9. The van der Waals surface area contributed by atoms with Crippen LogP contribution in [0.1, 0.15) is 49.7 Å². The zero-order valence-corrected chi connectivity index (χ0v) is 23.7. The molecule has 32 heavy (non-hydrogen) atoms. The first kappa shape index (κ1) is 29.1. The summed E-state index contributed by atoms with van der Waals surface area (Å²) in [4.78, 5) is 0. The Labute approximate surface area is 218 Å². The Hall–Kier alpha value is -0.978. The molecule has 6 nitrogen and oxygen atoms in total. The molecule has 1 atom stereocenters. The van der Waals surface area contributed by atoms with Crippen LogP contribution in [0.4, 0.5) is 15.9 Å². The van der Waals surface area contributed by atoms with Crippen LogP contribution >= 0.6 is 11.8 Å². The second kappa shape index (κ2) is 17.5. The summed E-state index contributed by atoms with van der Waals surface area (Å²) >= 11 is 1.75. The minimum absolute atomic E-state index is 0. The zero-order valence-electron chi connectivity index (χ0n) is 18.7. The maximum Gasteiger partial charge on any atom is 0.151 e. The van der Waals surface area contributed by atoms with Crippen molar-refractivity contribution in [2.24, 2.45) is 0 Å². The molecule has 5 rings (SSSR count). The summed E-state index contributed by atoms with van der Waals surface area (Å²) in [6, 6.07) is 6.15. The van der Waals surface area contributed by atoms with Gasteiger partial charge in [-0.2, -0.15) is 16.9 Å². The van der Waals surface area contributed by atoms with Gasteiger partial charge in [0.05, 0.1) is 18.5 Å². The van der Waals surface area contributed by atoms with E-state index < -0.39 is 0 Å². The number of thioether (sulfide) groups is 1. The number of aliphatic hydroxyl groups is 1. The molecule has 1 saturated carbocycles. The number of aliphatic hydroxyl groups excluding tert-OH is 1. The summed E-state index contributed by atoms with van der Waals surface area (Å²) in [5.41, 5.74) is 2.44. The number of aromatic nitrogens is 2. The van der Waals surface area contributed by atoms with Crippen LogP contribution in [-0.4, -0.2) is 41.6 Å². The number of hydrogen-bond acceptors (Lipinski definition) is 6. The number of aromatic amines is 1. The van der Waals surface area contributed by atoms with Gasteiger partial charge >= 0.3 is 0 Å². The Morgan fingerprint density at radius 3 is 2.41 bits per heavy atom. The number of fused-ring (bicyclic) bond motifs is 1. The zero-order chi connectivity index (χ0) is 22.3. The fourth-order valence-corrected chi connectivity index (χ4v) is 4.54. The van der Waals surface area contributed by atoms with Crippen LogP contribution < -0.4 is 10.6 Å². The van der Waals surface area contributed by atoms with E-state index in [2.05, 4.69) is 27.4 Å². The number of nitrogens with one attached hydrogen (secondary N) is 3. The second-order valence-corrected chi connectivity index (χ2v) is 8.40. The van der Waals surface area contributed by atoms with Gasteiger partial charge < -0.3 is 27.1 Å². The first-order valence-corrected chi connectivity index (χ1v) is 11.9. The molecule has 176 valence electrons. The van der Waals surface area contributed by atoms with E-state index >= 15 is 0 Å². The van der Waals surface area contributed by atoms with Crippen molar-refractivity contribution in [2.45, 2.75) is 56.1 Å². The fourth-order valence-electron chi connectivity index (χ4n) is 3.43. The number of halogens is 1. The van der Waals surface area contributed by atoms with Crippen LogP contribution in [0.15, 0.2) is 30.7 Å². The standard InChI is InChI=1S/C11H10FN3S.C5H11NO.C5H10.C2H3O.U/c12-11-8-6-16-5-7(8)1-2-9(11)14-10-3-4-13-15-10;1-6-5-2-3-7-4-5;1-2-4-5-3-1;1-2-3;/h1-4H,5-6H2,(H2,13,14,15);5-6H,2-4H2,1H3;1-5H2;1-3H;/q;;;-1;. The van der Waals surface area contributed by atoms with Gasteiger partial charge in [-0.25, -0.2) is 4.39 Å². The van der Waals surface area contributed by atoms with E-state index in [4.69, 9.17) is 9.84 Å². The fraction of sp³-hybridized carbons (Fsp3) is 0.522. The minimum Gasteiger partial charge on any atom is -0.553 e. The van der Waals surface area contributed by atoms with Crippen molar-refractivity contribution in [1.82, 2.24) is 15.5 Å². The average Bonchev–Trinajstić information content (AvgIpc) is 3.61. The van der Waals surface area contributed by atoms with E-state index in [1.165, 1.54) is 38.5 Å².